The average molecular weight is 577 g/mol. The summed E-state index contributed by atoms with van der Waals surface area (Å²) < 4.78 is 7.10. The molecule has 0 bridgehead atoms. The minimum Gasteiger partial charge on any atom is -0.379 e. The second kappa shape index (κ2) is 12.2. The number of benzene rings is 1. The molecule has 3 aliphatic carbocycles. The highest BCUT2D eigenvalue weighted by atomic mass is 16.5. The second-order valence-corrected chi connectivity index (χ2v) is 13.1. The molecule has 0 spiro atoms. The topological polar surface area (TPSA) is 118 Å². The molecule has 2 aromatic rings. The Bertz CT molecular complexity index is 1280. The summed E-state index contributed by atoms with van der Waals surface area (Å²) in [5.74, 6) is 0.510. The fourth-order valence-corrected chi connectivity index (χ4v) is 6.76. The molecule has 4 fully saturated rings. The summed E-state index contributed by atoms with van der Waals surface area (Å²) in [6.07, 6.45) is 9.45. The number of carbonyl (C=O) groups excluding carboxylic acids is 3. The first kappa shape index (κ1) is 28.9. The van der Waals surface area contributed by atoms with E-state index < -0.39 is 12.1 Å². The Morgan fingerprint density at radius 1 is 1.05 bits per heavy atom. The van der Waals surface area contributed by atoms with Gasteiger partial charge in [0.15, 0.2) is 0 Å². The maximum atomic E-state index is 13.9. The molecule has 1 aromatic heterocycles. The van der Waals surface area contributed by atoms with Crippen molar-refractivity contribution in [3.8, 4) is 0 Å². The Morgan fingerprint density at radius 2 is 1.76 bits per heavy atom. The number of hydrogen-bond acceptors (Lipinski definition) is 6. The normalized spacial score (nSPS) is 21.7. The van der Waals surface area contributed by atoms with E-state index in [4.69, 9.17) is 4.74 Å². The van der Waals surface area contributed by atoms with E-state index in [9.17, 15) is 14.4 Å². The van der Waals surface area contributed by atoms with Crippen LogP contribution in [0.1, 0.15) is 74.0 Å². The summed E-state index contributed by atoms with van der Waals surface area (Å²) in [4.78, 5) is 43.0. The molecule has 10 heteroatoms. The number of morpholine rings is 1. The molecule has 1 saturated heterocycles. The minimum absolute atomic E-state index is 0.0163. The van der Waals surface area contributed by atoms with E-state index in [0.717, 1.165) is 44.1 Å². The smallest absolute Gasteiger partial charge is 0.270 e. The quantitative estimate of drug-likeness (QED) is 0.357. The molecule has 1 aromatic carbocycles. The van der Waals surface area contributed by atoms with Crippen molar-refractivity contribution in [2.75, 3.05) is 38.2 Å². The van der Waals surface area contributed by atoms with Crippen LogP contribution in [0.4, 0.5) is 5.69 Å². The zero-order valence-corrected chi connectivity index (χ0v) is 24.8. The van der Waals surface area contributed by atoms with Gasteiger partial charge >= 0.3 is 0 Å². The van der Waals surface area contributed by atoms with Gasteiger partial charge in [-0.1, -0.05) is 25.5 Å². The van der Waals surface area contributed by atoms with Crippen LogP contribution in [0.2, 0.25) is 0 Å². The molecule has 42 heavy (non-hydrogen) atoms. The predicted molar refractivity (Wildman–Crippen MR) is 159 cm³/mol. The lowest BCUT2D eigenvalue weighted by molar-refractivity contribution is -0.129. The van der Waals surface area contributed by atoms with Gasteiger partial charge in [-0.15, -0.1) is 0 Å². The number of ether oxygens (including phenoxy) is 1. The molecule has 10 nitrogen and oxygen atoms in total. The van der Waals surface area contributed by atoms with Crippen LogP contribution in [0.3, 0.4) is 0 Å². The Hall–Kier alpha value is -3.24. The van der Waals surface area contributed by atoms with Crippen LogP contribution < -0.4 is 16.0 Å². The lowest BCUT2D eigenvalue weighted by Gasteiger charge is -2.40. The van der Waals surface area contributed by atoms with Crippen molar-refractivity contribution in [2.45, 2.75) is 64.0 Å². The van der Waals surface area contributed by atoms with Crippen LogP contribution in [0.15, 0.2) is 36.5 Å². The van der Waals surface area contributed by atoms with Gasteiger partial charge in [-0.05, 0) is 85.5 Å². The molecule has 3 amide bonds. The number of nitrogens with zero attached hydrogens (tertiary/aromatic N) is 3. The Balaban J connectivity index is 1.21. The van der Waals surface area contributed by atoms with Crippen molar-refractivity contribution < 1.29 is 19.1 Å². The first-order valence-corrected chi connectivity index (χ1v) is 15.6. The van der Waals surface area contributed by atoms with Gasteiger partial charge in [0.05, 0.1) is 13.2 Å². The predicted octanol–water partition coefficient (Wildman–Crippen LogP) is 3.27. The largest absolute Gasteiger partial charge is 0.379 e. The number of amides is 3. The van der Waals surface area contributed by atoms with Gasteiger partial charge in [0.2, 0.25) is 11.8 Å². The molecule has 3 N–H and O–H groups in total. The average Bonchev–Trinajstić information content (AvgIpc) is 3.91. The molecular formula is C32H44N6O4. The maximum Gasteiger partial charge on any atom is 0.270 e. The fraction of sp³-hybridized carbons (Fsp3) is 0.625. The minimum atomic E-state index is -0.641. The van der Waals surface area contributed by atoms with Gasteiger partial charge in [0.25, 0.3) is 5.91 Å². The van der Waals surface area contributed by atoms with E-state index in [0.29, 0.717) is 56.1 Å². The number of carbonyl (C=O) groups is 3. The first-order chi connectivity index (χ1) is 20.3. The molecule has 226 valence electrons. The number of nitrogens with one attached hydrogen (secondary N) is 3. The van der Waals surface area contributed by atoms with Crippen molar-refractivity contribution in [1.82, 2.24) is 25.3 Å². The molecule has 6 rings (SSSR count). The van der Waals surface area contributed by atoms with Crippen LogP contribution in [0.25, 0.3) is 0 Å². The van der Waals surface area contributed by atoms with E-state index >= 15 is 0 Å². The van der Waals surface area contributed by atoms with Gasteiger partial charge in [-0.3, -0.25) is 24.0 Å². The van der Waals surface area contributed by atoms with E-state index in [1.54, 1.807) is 19.3 Å². The van der Waals surface area contributed by atoms with Crippen molar-refractivity contribution >= 4 is 23.4 Å². The first-order valence-electron chi connectivity index (χ1n) is 15.6. The number of rotatable bonds is 12. The van der Waals surface area contributed by atoms with Gasteiger partial charge < -0.3 is 20.7 Å². The van der Waals surface area contributed by atoms with Crippen molar-refractivity contribution in [2.24, 2.45) is 30.2 Å². The Labute approximate surface area is 247 Å². The SMILES string of the molecule is Cn1nccc1C(=O)N[C@H](C(=O)Nc1cccc(C(C(=O)NCC2(C)CCC2)N2CCOCC2)c1)C(C1CC1)C1CC1. The van der Waals surface area contributed by atoms with Gasteiger partial charge in [-0.2, -0.15) is 5.10 Å². The molecule has 2 atom stereocenters. The van der Waals surface area contributed by atoms with E-state index in [1.807, 2.05) is 24.3 Å². The van der Waals surface area contributed by atoms with Gasteiger partial charge in [0.1, 0.15) is 17.8 Å². The summed E-state index contributed by atoms with van der Waals surface area (Å²) in [5, 5.41) is 13.5. The van der Waals surface area contributed by atoms with Crippen LogP contribution in [0.5, 0.6) is 0 Å². The highest BCUT2D eigenvalue weighted by Crippen LogP contribution is 2.51. The monoisotopic (exact) mass is 576 g/mol. The molecular weight excluding hydrogens is 532 g/mol. The van der Waals surface area contributed by atoms with Crippen LogP contribution in [-0.4, -0.2) is 71.3 Å². The highest BCUT2D eigenvalue weighted by Gasteiger charge is 2.48. The zero-order valence-electron chi connectivity index (χ0n) is 24.8. The standard InChI is InChI=1S/C32H44N6O4/c1-32(12-4-13-32)20-33-31(41)28(38-15-17-42-18-16-38)23-5-3-6-24(19-23)35-30(40)27(26(21-7-8-21)22-9-10-22)36-29(39)25-11-14-34-37(25)2/h3,5-6,11,14,19,21-22,26-28H,4,7-10,12-13,15-18,20H2,1-2H3,(H,33,41)(H,35,40)(H,36,39)/t27-,28?/m0/s1. The lowest BCUT2D eigenvalue weighted by atomic mass is 9.70. The summed E-state index contributed by atoms with van der Waals surface area (Å²) in [7, 11) is 1.72. The second-order valence-electron chi connectivity index (χ2n) is 13.1. The highest BCUT2D eigenvalue weighted by molar-refractivity contribution is 6.01. The summed E-state index contributed by atoms with van der Waals surface area (Å²) in [6, 6.07) is 8.17. The van der Waals surface area contributed by atoms with E-state index in [1.165, 1.54) is 11.1 Å². The third kappa shape index (κ3) is 6.54. The zero-order chi connectivity index (χ0) is 29.3. The summed E-state index contributed by atoms with van der Waals surface area (Å²) in [5.41, 5.74) is 2.06. The number of aromatic nitrogens is 2. The Kier molecular flexibility index (Phi) is 8.36. The molecule has 1 unspecified atom stereocenters. The van der Waals surface area contributed by atoms with Crippen LogP contribution in [0, 0.1) is 23.2 Å². The van der Waals surface area contributed by atoms with E-state index in [2.05, 4.69) is 32.9 Å². The molecule has 3 saturated carbocycles. The summed E-state index contributed by atoms with van der Waals surface area (Å²) >= 11 is 0. The molecule has 4 aliphatic rings. The molecule has 1 aliphatic heterocycles. The van der Waals surface area contributed by atoms with Gasteiger partial charge in [0, 0.05) is 38.6 Å². The van der Waals surface area contributed by atoms with Crippen LogP contribution >= 0.6 is 0 Å². The van der Waals surface area contributed by atoms with Crippen molar-refractivity contribution in [3.63, 3.8) is 0 Å². The summed E-state index contributed by atoms with van der Waals surface area (Å²) in [6.45, 7) is 5.40. The Morgan fingerprint density at radius 3 is 2.36 bits per heavy atom. The van der Waals surface area contributed by atoms with Gasteiger partial charge in [-0.25, -0.2) is 0 Å². The van der Waals surface area contributed by atoms with Crippen molar-refractivity contribution in [1.29, 1.82) is 0 Å². The van der Waals surface area contributed by atoms with Crippen LogP contribution in [-0.2, 0) is 21.4 Å². The third-order valence-corrected chi connectivity index (χ3v) is 9.72. The maximum absolute atomic E-state index is 13.9. The molecule has 0 radical (unpaired) electrons. The van der Waals surface area contributed by atoms with Crippen molar-refractivity contribution in [3.05, 3.63) is 47.8 Å². The molecule has 2 heterocycles. The third-order valence-electron chi connectivity index (χ3n) is 9.72. The fourth-order valence-electron chi connectivity index (χ4n) is 6.76. The number of hydrogen-bond donors (Lipinski definition) is 3. The number of anilines is 1. The lowest BCUT2D eigenvalue weighted by Crippen LogP contribution is -2.50. The van der Waals surface area contributed by atoms with E-state index in [-0.39, 0.29) is 29.1 Å². The number of aryl methyl sites for hydroxylation is 1.